The lowest BCUT2D eigenvalue weighted by molar-refractivity contribution is 0.00239. The van der Waals surface area contributed by atoms with E-state index in [1.165, 1.54) is 0 Å². The van der Waals surface area contributed by atoms with E-state index in [0.29, 0.717) is 18.1 Å². The number of amides is 1. The first-order chi connectivity index (χ1) is 10.3. The van der Waals surface area contributed by atoms with Gasteiger partial charge in [-0.1, -0.05) is 23.7 Å². The fourth-order valence-corrected chi connectivity index (χ4v) is 2.92. The number of piperidine rings is 1. The van der Waals surface area contributed by atoms with Gasteiger partial charge in [0.2, 0.25) is 0 Å². The van der Waals surface area contributed by atoms with Crippen molar-refractivity contribution in [3.8, 4) is 0 Å². The van der Waals surface area contributed by atoms with Crippen molar-refractivity contribution in [2.24, 2.45) is 5.92 Å². The Labute approximate surface area is 137 Å². The van der Waals surface area contributed by atoms with E-state index in [4.69, 9.17) is 16.3 Å². The highest BCUT2D eigenvalue weighted by atomic mass is 35.5. The van der Waals surface area contributed by atoms with E-state index in [2.05, 4.69) is 0 Å². The molecule has 4 nitrogen and oxygen atoms in total. The number of carbonyl (C=O) groups is 1. The zero-order chi connectivity index (χ0) is 16.3. The second-order valence-electron chi connectivity index (χ2n) is 6.83. The predicted molar refractivity (Wildman–Crippen MR) is 86.9 cm³/mol. The summed E-state index contributed by atoms with van der Waals surface area (Å²) >= 11 is 5.98. The summed E-state index contributed by atoms with van der Waals surface area (Å²) in [6, 6.07) is 7.25. The highest BCUT2D eigenvalue weighted by Crippen LogP contribution is 2.31. The molecular weight excluding hydrogens is 302 g/mol. The number of benzene rings is 1. The van der Waals surface area contributed by atoms with E-state index in [-0.39, 0.29) is 12.0 Å². The molecule has 0 spiro atoms. The number of aliphatic hydroxyl groups excluding tert-OH is 1. The van der Waals surface area contributed by atoms with Crippen molar-refractivity contribution < 1.29 is 14.6 Å². The van der Waals surface area contributed by atoms with Gasteiger partial charge in [0.05, 0.1) is 6.10 Å². The Bertz CT molecular complexity index is 527. The molecule has 0 saturated carbocycles. The smallest absolute Gasteiger partial charge is 0.410 e. The zero-order valence-electron chi connectivity index (χ0n) is 13.4. The molecule has 0 aliphatic carbocycles. The average molecular weight is 326 g/mol. The summed E-state index contributed by atoms with van der Waals surface area (Å²) in [5, 5.41) is 11.2. The van der Waals surface area contributed by atoms with Crippen LogP contribution in [0.15, 0.2) is 24.3 Å². The Morgan fingerprint density at radius 2 is 2.18 bits per heavy atom. The fraction of sp³-hybridized carbons (Fsp3) is 0.588. The molecule has 5 heteroatoms. The SMILES string of the molecule is CC(C)(C)OC(=O)N1CCCC([C@@H](O)c2cccc(Cl)c2)C1. The maximum absolute atomic E-state index is 12.2. The number of hydrogen-bond acceptors (Lipinski definition) is 3. The molecule has 1 amide bonds. The fourth-order valence-electron chi connectivity index (χ4n) is 2.72. The molecule has 1 heterocycles. The molecule has 1 unspecified atom stereocenters. The number of rotatable bonds is 2. The maximum atomic E-state index is 12.2. The third kappa shape index (κ3) is 4.62. The lowest BCUT2D eigenvalue weighted by atomic mass is 9.89. The summed E-state index contributed by atoms with van der Waals surface area (Å²) in [6.45, 7) is 6.74. The molecule has 1 aromatic rings. The van der Waals surface area contributed by atoms with Gasteiger partial charge in [0, 0.05) is 24.0 Å². The van der Waals surface area contributed by atoms with Crippen molar-refractivity contribution in [3.63, 3.8) is 0 Å². The first-order valence-corrected chi connectivity index (χ1v) is 8.05. The first-order valence-electron chi connectivity index (χ1n) is 7.68. The summed E-state index contributed by atoms with van der Waals surface area (Å²) in [4.78, 5) is 13.9. The van der Waals surface area contributed by atoms with Crippen LogP contribution in [0.5, 0.6) is 0 Å². The van der Waals surface area contributed by atoms with Crippen LogP contribution in [-0.4, -0.2) is 34.8 Å². The number of carbonyl (C=O) groups excluding carboxylic acids is 1. The largest absolute Gasteiger partial charge is 0.444 e. The maximum Gasteiger partial charge on any atom is 0.410 e. The van der Waals surface area contributed by atoms with Crippen molar-refractivity contribution in [1.82, 2.24) is 4.90 Å². The van der Waals surface area contributed by atoms with Gasteiger partial charge in [-0.15, -0.1) is 0 Å². The summed E-state index contributed by atoms with van der Waals surface area (Å²) < 4.78 is 5.41. The Balaban J connectivity index is 2.02. The topological polar surface area (TPSA) is 49.8 Å². The lowest BCUT2D eigenvalue weighted by Crippen LogP contribution is -2.44. The van der Waals surface area contributed by atoms with E-state index < -0.39 is 11.7 Å². The van der Waals surface area contributed by atoms with E-state index in [0.717, 1.165) is 18.4 Å². The minimum atomic E-state index is -0.621. The van der Waals surface area contributed by atoms with Crippen LogP contribution in [0.3, 0.4) is 0 Å². The Morgan fingerprint density at radius 3 is 2.82 bits per heavy atom. The van der Waals surface area contributed by atoms with E-state index in [1.807, 2.05) is 32.9 Å². The molecule has 1 N–H and O–H groups in total. The third-order valence-corrected chi connectivity index (χ3v) is 3.98. The molecule has 2 atom stereocenters. The standard InChI is InChI=1S/C17H24ClNO3/c1-17(2,3)22-16(21)19-9-5-7-13(11-19)15(20)12-6-4-8-14(18)10-12/h4,6,8,10,13,15,20H,5,7,9,11H2,1-3H3/t13?,15-/m0/s1. The van der Waals surface area contributed by atoms with Gasteiger partial charge in [-0.2, -0.15) is 0 Å². The molecule has 0 bridgehead atoms. The van der Waals surface area contributed by atoms with Gasteiger partial charge in [0.15, 0.2) is 0 Å². The van der Waals surface area contributed by atoms with Crippen molar-refractivity contribution in [2.45, 2.75) is 45.3 Å². The van der Waals surface area contributed by atoms with Crippen molar-refractivity contribution in [3.05, 3.63) is 34.9 Å². The molecule has 1 aliphatic heterocycles. The highest BCUT2D eigenvalue weighted by Gasteiger charge is 2.31. The Hall–Kier alpha value is -1.26. The van der Waals surface area contributed by atoms with Crippen LogP contribution in [0.2, 0.25) is 5.02 Å². The lowest BCUT2D eigenvalue weighted by Gasteiger charge is -2.36. The molecule has 1 aromatic carbocycles. The Kier molecular flexibility index (Phi) is 5.35. The van der Waals surface area contributed by atoms with Gasteiger partial charge >= 0.3 is 6.09 Å². The van der Waals surface area contributed by atoms with Crippen LogP contribution in [0.1, 0.15) is 45.3 Å². The second-order valence-corrected chi connectivity index (χ2v) is 7.26. The minimum Gasteiger partial charge on any atom is -0.444 e. The third-order valence-electron chi connectivity index (χ3n) is 3.75. The minimum absolute atomic E-state index is 0.000245. The van der Waals surface area contributed by atoms with Gasteiger partial charge in [-0.3, -0.25) is 0 Å². The van der Waals surface area contributed by atoms with E-state index >= 15 is 0 Å². The van der Waals surface area contributed by atoms with Gasteiger partial charge in [-0.05, 0) is 51.3 Å². The molecule has 0 aromatic heterocycles. The van der Waals surface area contributed by atoms with Crippen LogP contribution < -0.4 is 0 Å². The molecule has 1 saturated heterocycles. The van der Waals surface area contributed by atoms with Crippen LogP contribution in [-0.2, 0) is 4.74 Å². The van der Waals surface area contributed by atoms with E-state index in [9.17, 15) is 9.90 Å². The molecule has 1 aliphatic rings. The monoisotopic (exact) mass is 325 g/mol. The molecule has 122 valence electrons. The average Bonchev–Trinajstić information content (AvgIpc) is 2.45. The highest BCUT2D eigenvalue weighted by molar-refractivity contribution is 6.30. The Morgan fingerprint density at radius 1 is 1.45 bits per heavy atom. The number of ether oxygens (including phenoxy) is 1. The van der Waals surface area contributed by atoms with Crippen molar-refractivity contribution >= 4 is 17.7 Å². The van der Waals surface area contributed by atoms with Crippen LogP contribution in [0.25, 0.3) is 0 Å². The summed E-state index contributed by atoms with van der Waals surface area (Å²) in [7, 11) is 0. The van der Waals surface area contributed by atoms with Crippen LogP contribution >= 0.6 is 11.6 Å². The van der Waals surface area contributed by atoms with Gasteiger partial charge in [-0.25, -0.2) is 4.79 Å². The van der Waals surface area contributed by atoms with Gasteiger partial charge < -0.3 is 14.7 Å². The summed E-state index contributed by atoms with van der Waals surface area (Å²) in [5.41, 5.74) is 0.291. The number of likely N-dealkylation sites (tertiary alicyclic amines) is 1. The molecule has 2 rings (SSSR count). The molecule has 22 heavy (non-hydrogen) atoms. The van der Waals surface area contributed by atoms with Crippen LogP contribution in [0, 0.1) is 5.92 Å². The normalized spacial score (nSPS) is 20.6. The summed E-state index contributed by atoms with van der Waals surface area (Å²) in [6.07, 6.45) is 0.813. The number of halogens is 1. The zero-order valence-corrected chi connectivity index (χ0v) is 14.1. The first kappa shape index (κ1) is 17.1. The van der Waals surface area contributed by atoms with Gasteiger partial charge in [0.1, 0.15) is 5.60 Å². The van der Waals surface area contributed by atoms with E-state index in [1.54, 1.807) is 17.0 Å². The molecule has 0 radical (unpaired) electrons. The van der Waals surface area contributed by atoms with Gasteiger partial charge in [0.25, 0.3) is 0 Å². The second kappa shape index (κ2) is 6.88. The number of hydrogen-bond donors (Lipinski definition) is 1. The van der Waals surface area contributed by atoms with Crippen molar-refractivity contribution in [1.29, 1.82) is 0 Å². The number of nitrogens with zero attached hydrogens (tertiary/aromatic N) is 1. The predicted octanol–water partition coefficient (Wildman–Crippen LogP) is 4.02. The quantitative estimate of drug-likeness (QED) is 0.893. The van der Waals surface area contributed by atoms with Crippen molar-refractivity contribution in [2.75, 3.05) is 13.1 Å². The molecule has 1 fully saturated rings. The number of aliphatic hydroxyl groups is 1. The van der Waals surface area contributed by atoms with Crippen LogP contribution in [0.4, 0.5) is 4.79 Å². The molecular formula is C17H24ClNO3. The summed E-state index contributed by atoms with van der Waals surface area (Å²) in [5.74, 6) is -0.000245.